The number of rotatable bonds is 6. The van der Waals surface area contributed by atoms with Gasteiger partial charge in [-0.05, 0) is 55.3 Å². The molecule has 2 aliphatic heterocycles. The molecule has 0 unspecified atom stereocenters. The number of anilines is 3. The van der Waals surface area contributed by atoms with Gasteiger partial charge in [-0.15, -0.1) is 11.3 Å². The highest BCUT2D eigenvalue weighted by Gasteiger charge is 2.34. The number of urea groups is 1. The van der Waals surface area contributed by atoms with Crippen molar-refractivity contribution in [2.75, 3.05) is 23.3 Å². The maximum atomic E-state index is 13.5. The minimum atomic E-state index is -0.382. The molecule has 1 aromatic carbocycles. The van der Waals surface area contributed by atoms with E-state index in [0.717, 1.165) is 5.56 Å². The van der Waals surface area contributed by atoms with Crippen LogP contribution in [0.4, 0.5) is 21.9 Å². The van der Waals surface area contributed by atoms with Crippen molar-refractivity contribution in [3.63, 3.8) is 0 Å². The lowest BCUT2D eigenvalue weighted by Gasteiger charge is -2.29. The van der Waals surface area contributed by atoms with Crippen LogP contribution in [0.3, 0.4) is 0 Å². The first-order chi connectivity index (χ1) is 18.9. The van der Waals surface area contributed by atoms with Crippen LogP contribution in [0, 0.1) is 6.92 Å². The highest BCUT2D eigenvalue weighted by molar-refractivity contribution is 7.21. The number of nitrogens with zero attached hydrogens (tertiary/aromatic N) is 4. The van der Waals surface area contributed by atoms with Crippen LogP contribution in [-0.4, -0.2) is 51.8 Å². The molecule has 10 nitrogen and oxygen atoms in total. The molecule has 1 atom stereocenters. The van der Waals surface area contributed by atoms with Gasteiger partial charge in [0.1, 0.15) is 15.5 Å². The number of benzene rings is 1. The van der Waals surface area contributed by atoms with Gasteiger partial charge in [0.25, 0.3) is 5.91 Å². The van der Waals surface area contributed by atoms with Crippen LogP contribution >= 0.6 is 11.3 Å². The average molecular weight is 541 g/mol. The maximum Gasteiger partial charge on any atom is 0.331 e. The number of hydrogen-bond acceptors (Lipinski definition) is 7. The van der Waals surface area contributed by atoms with E-state index in [-0.39, 0.29) is 23.9 Å². The summed E-state index contributed by atoms with van der Waals surface area (Å²) in [6.45, 7) is 6.39. The van der Waals surface area contributed by atoms with Gasteiger partial charge < -0.3 is 20.3 Å². The number of aromatic nitrogens is 2. The third-order valence-electron chi connectivity index (χ3n) is 6.73. The summed E-state index contributed by atoms with van der Waals surface area (Å²) in [6, 6.07) is 12.1. The lowest BCUT2D eigenvalue weighted by Crippen LogP contribution is -2.39. The normalized spacial score (nSPS) is 16.2. The van der Waals surface area contributed by atoms with Crippen molar-refractivity contribution in [1.29, 1.82) is 0 Å². The van der Waals surface area contributed by atoms with E-state index in [1.165, 1.54) is 17.4 Å². The van der Waals surface area contributed by atoms with E-state index in [0.29, 0.717) is 63.3 Å². The lowest BCUT2D eigenvalue weighted by molar-refractivity contribution is -0.125. The van der Waals surface area contributed by atoms with Crippen molar-refractivity contribution in [2.24, 2.45) is 0 Å². The molecule has 196 valence electrons. The summed E-state index contributed by atoms with van der Waals surface area (Å²) in [4.78, 5) is 51.6. The highest BCUT2D eigenvalue weighted by atomic mass is 32.1. The van der Waals surface area contributed by atoms with Crippen LogP contribution in [0.25, 0.3) is 10.2 Å². The van der Waals surface area contributed by atoms with Gasteiger partial charge in [0.2, 0.25) is 11.8 Å². The van der Waals surface area contributed by atoms with Crippen LogP contribution in [0.1, 0.15) is 21.7 Å². The van der Waals surface area contributed by atoms with Crippen molar-refractivity contribution < 1.29 is 19.1 Å². The highest BCUT2D eigenvalue weighted by Crippen LogP contribution is 2.46. The van der Waals surface area contributed by atoms with Gasteiger partial charge in [-0.3, -0.25) is 14.5 Å². The van der Waals surface area contributed by atoms with Crippen LogP contribution in [-0.2, 0) is 4.79 Å². The molecule has 0 aliphatic carbocycles. The zero-order valence-electron chi connectivity index (χ0n) is 21.0. The number of carbonyl (C=O) groups excluding carboxylic acids is 3. The van der Waals surface area contributed by atoms with E-state index in [1.807, 2.05) is 31.2 Å². The van der Waals surface area contributed by atoms with Gasteiger partial charge in [0, 0.05) is 37.6 Å². The van der Waals surface area contributed by atoms with Crippen molar-refractivity contribution in [1.82, 2.24) is 20.2 Å². The summed E-state index contributed by atoms with van der Waals surface area (Å²) in [6.07, 6.45) is 5.21. The molecule has 2 N–H and O–H groups in total. The van der Waals surface area contributed by atoms with E-state index in [9.17, 15) is 14.4 Å². The molecule has 4 amide bonds. The van der Waals surface area contributed by atoms with Crippen molar-refractivity contribution >= 4 is 56.5 Å². The predicted octanol–water partition coefficient (Wildman–Crippen LogP) is 4.99. The van der Waals surface area contributed by atoms with Crippen molar-refractivity contribution in [3.05, 3.63) is 78.0 Å². The standard InChI is InChI=1S/C28H24N6O4S/c1-3-22(35)33-13-10-17(15-33)31-26(36)25-24-23-20(9-12-30-27(23)39-25)34(28(37)32-24)19-8-7-18(14-16(19)2)38-21-6-4-5-11-29-21/h3-9,11-12,14,17H,1,10,13,15H2,2H3,(H,31,36)(H,32,37)/t17-/m1/s1. The molecular weight excluding hydrogens is 516 g/mol. The van der Waals surface area contributed by atoms with E-state index in [2.05, 4.69) is 27.2 Å². The molecule has 3 aromatic heterocycles. The predicted molar refractivity (Wildman–Crippen MR) is 149 cm³/mol. The molecule has 39 heavy (non-hydrogen) atoms. The monoisotopic (exact) mass is 540 g/mol. The Morgan fingerprint density at radius 3 is 2.82 bits per heavy atom. The zero-order chi connectivity index (χ0) is 27.1. The van der Waals surface area contributed by atoms with Gasteiger partial charge in [-0.25, -0.2) is 14.8 Å². The fraction of sp³-hybridized carbons (Fsp3) is 0.179. The quantitative estimate of drug-likeness (QED) is 0.333. The fourth-order valence-electron chi connectivity index (χ4n) is 4.91. The largest absolute Gasteiger partial charge is 0.439 e. The Labute approximate surface area is 227 Å². The molecule has 6 rings (SSSR count). The van der Waals surface area contributed by atoms with E-state index in [1.54, 1.807) is 40.4 Å². The summed E-state index contributed by atoms with van der Waals surface area (Å²) in [7, 11) is 0. The maximum absolute atomic E-state index is 13.5. The number of thiophene rings is 1. The Bertz CT molecular complexity index is 1640. The number of likely N-dealkylation sites (tertiary alicyclic amines) is 1. The second-order valence-corrected chi connectivity index (χ2v) is 10.2. The summed E-state index contributed by atoms with van der Waals surface area (Å²) >= 11 is 1.22. The van der Waals surface area contributed by atoms with Crippen molar-refractivity contribution in [2.45, 2.75) is 19.4 Å². The second kappa shape index (κ2) is 9.84. The van der Waals surface area contributed by atoms with Gasteiger partial charge in [-0.1, -0.05) is 12.6 Å². The fourth-order valence-corrected chi connectivity index (χ4v) is 5.93. The SMILES string of the molecule is C=CC(=O)N1CC[C@@H](NC(=O)c2sc3nccc4c3c2NC(=O)N4c2ccc(Oc3ccccn3)cc2C)C1. The molecule has 4 aromatic rings. The zero-order valence-corrected chi connectivity index (χ0v) is 21.8. The molecule has 1 fully saturated rings. The molecule has 1 saturated heterocycles. The van der Waals surface area contributed by atoms with E-state index in [4.69, 9.17) is 4.74 Å². The van der Waals surface area contributed by atoms with Gasteiger partial charge in [-0.2, -0.15) is 0 Å². The molecule has 0 saturated carbocycles. The Morgan fingerprint density at radius 2 is 2.05 bits per heavy atom. The summed E-state index contributed by atoms with van der Waals surface area (Å²) < 4.78 is 5.84. The lowest BCUT2D eigenvalue weighted by atomic mass is 10.1. The van der Waals surface area contributed by atoms with Crippen molar-refractivity contribution in [3.8, 4) is 11.6 Å². The Morgan fingerprint density at radius 1 is 1.18 bits per heavy atom. The Balaban J connectivity index is 1.29. The molecular formula is C28H24N6O4S. The van der Waals surface area contributed by atoms with Crippen LogP contribution in [0.2, 0.25) is 0 Å². The number of amides is 4. The van der Waals surface area contributed by atoms with E-state index >= 15 is 0 Å². The number of pyridine rings is 2. The first-order valence-electron chi connectivity index (χ1n) is 12.4. The Kier molecular flexibility index (Phi) is 6.20. The third kappa shape index (κ3) is 4.46. The first-order valence-corrected chi connectivity index (χ1v) is 13.2. The summed E-state index contributed by atoms with van der Waals surface area (Å²) in [5.41, 5.74) is 2.58. The molecule has 5 heterocycles. The van der Waals surface area contributed by atoms with Crippen LogP contribution in [0.5, 0.6) is 11.6 Å². The molecule has 2 aliphatic rings. The van der Waals surface area contributed by atoms with Gasteiger partial charge in [0.05, 0.1) is 22.4 Å². The number of nitrogens with one attached hydrogen (secondary N) is 2. The number of hydrogen-bond donors (Lipinski definition) is 2. The topological polar surface area (TPSA) is 117 Å². The molecule has 0 spiro atoms. The number of carbonyl (C=O) groups is 3. The molecule has 0 bridgehead atoms. The minimum absolute atomic E-state index is 0.156. The Hall–Kier alpha value is -4.77. The molecule has 11 heteroatoms. The van der Waals surface area contributed by atoms with E-state index < -0.39 is 0 Å². The second-order valence-electron chi connectivity index (χ2n) is 9.25. The average Bonchev–Trinajstić information content (AvgIpc) is 3.55. The van der Waals surface area contributed by atoms with Gasteiger partial charge >= 0.3 is 6.03 Å². The van der Waals surface area contributed by atoms with Crippen LogP contribution < -0.4 is 20.3 Å². The summed E-state index contributed by atoms with van der Waals surface area (Å²) in [5, 5.41) is 6.63. The first kappa shape index (κ1) is 24.6. The molecule has 0 radical (unpaired) electrons. The third-order valence-corrected chi connectivity index (χ3v) is 7.83. The smallest absolute Gasteiger partial charge is 0.331 e. The van der Waals surface area contributed by atoms with Gasteiger partial charge in [0.15, 0.2) is 0 Å². The van der Waals surface area contributed by atoms with Crippen LogP contribution in [0.15, 0.2) is 67.5 Å². The number of aryl methyl sites for hydroxylation is 1. The summed E-state index contributed by atoms with van der Waals surface area (Å²) in [5.74, 6) is 0.611. The number of ether oxygens (including phenoxy) is 1. The minimum Gasteiger partial charge on any atom is -0.439 e.